The summed E-state index contributed by atoms with van der Waals surface area (Å²) in [5.41, 5.74) is 0.902. The summed E-state index contributed by atoms with van der Waals surface area (Å²) in [5, 5.41) is 17.5. The summed E-state index contributed by atoms with van der Waals surface area (Å²) < 4.78 is 13.3. The molecule has 1 heterocycles. The predicted molar refractivity (Wildman–Crippen MR) is 91.4 cm³/mol. The molecule has 1 amide bonds. The molecule has 1 atom stereocenters. The van der Waals surface area contributed by atoms with Crippen molar-refractivity contribution in [3.8, 4) is 12.1 Å². The average Bonchev–Trinajstić information content (AvgIpc) is 2.61. The molecule has 1 aliphatic heterocycles. The fourth-order valence-corrected chi connectivity index (χ4v) is 3.25. The van der Waals surface area contributed by atoms with E-state index in [2.05, 4.69) is 17.0 Å². The van der Waals surface area contributed by atoms with Crippen LogP contribution in [-0.2, 0) is 11.3 Å². The van der Waals surface area contributed by atoms with Gasteiger partial charge in [-0.25, -0.2) is 4.39 Å². The van der Waals surface area contributed by atoms with Crippen molar-refractivity contribution in [2.24, 2.45) is 5.92 Å². The first-order valence-electron chi connectivity index (χ1n) is 8.63. The van der Waals surface area contributed by atoms with Crippen molar-refractivity contribution in [3.63, 3.8) is 0 Å². The summed E-state index contributed by atoms with van der Waals surface area (Å²) in [7, 11) is 0. The smallest absolute Gasteiger partial charge is 0.227 e. The van der Waals surface area contributed by atoms with Crippen LogP contribution in [0.15, 0.2) is 24.3 Å². The molecule has 0 bridgehead atoms. The molecule has 1 aromatic rings. The van der Waals surface area contributed by atoms with Gasteiger partial charge in [-0.2, -0.15) is 10.5 Å². The highest BCUT2D eigenvalue weighted by molar-refractivity contribution is 5.79. The molecule has 1 aromatic carbocycles. The van der Waals surface area contributed by atoms with Crippen LogP contribution < -0.4 is 0 Å². The van der Waals surface area contributed by atoms with Gasteiger partial charge in [-0.1, -0.05) is 12.1 Å². The molecule has 0 aromatic heterocycles. The van der Waals surface area contributed by atoms with E-state index in [-0.39, 0.29) is 30.5 Å². The van der Waals surface area contributed by atoms with Crippen molar-refractivity contribution in [1.29, 1.82) is 10.5 Å². The van der Waals surface area contributed by atoms with E-state index in [9.17, 15) is 9.18 Å². The third-order valence-electron chi connectivity index (χ3n) is 4.45. The minimum Gasteiger partial charge on any atom is -0.340 e. The topological polar surface area (TPSA) is 71.1 Å². The quantitative estimate of drug-likeness (QED) is 0.764. The molecule has 5 nitrogen and oxygen atoms in total. The van der Waals surface area contributed by atoms with Crippen LogP contribution in [0.4, 0.5) is 4.39 Å². The maximum atomic E-state index is 13.3. The standard InChI is InChI=1S/C19H23FN4O/c20-18-7-1-5-16(13-18)14-23-10-2-6-17(15-23)19(25)24(11-3-8-21)12-4-9-22/h1,5,7,13,17H,2-4,6,10-12,14-15H2/t17-/m1/s1. The van der Waals surface area contributed by atoms with Crippen LogP contribution in [0, 0.1) is 34.4 Å². The predicted octanol–water partition coefficient (Wildman–Crippen LogP) is 2.69. The molecule has 0 spiro atoms. The van der Waals surface area contributed by atoms with Gasteiger partial charge in [0.1, 0.15) is 5.82 Å². The van der Waals surface area contributed by atoms with Crippen LogP contribution in [0.1, 0.15) is 31.2 Å². The monoisotopic (exact) mass is 342 g/mol. The highest BCUT2D eigenvalue weighted by Crippen LogP contribution is 2.21. The van der Waals surface area contributed by atoms with E-state index >= 15 is 0 Å². The maximum absolute atomic E-state index is 13.3. The number of hydrogen-bond donors (Lipinski definition) is 0. The highest BCUT2D eigenvalue weighted by Gasteiger charge is 2.29. The van der Waals surface area contributed by atoms with Crippen LogP contribution in [0.3, 0.4) is 0 Å². The normalized spacial score (nSPS) is 17.5. The second-order valence-electron chi connectivity index (χ2n) is 6.35. The zero-order valence-electron chi connectivity index (χ0n) is 14.3. The van der Waals surface area contributed by atoms with Crippen molar-refractivity contribution >= 4 is 5.91 Å². The number of hydrogen-bond acceptors (Lipinski definition) is 4. The number of nitrogens with zero attached hydrogens (tertiary/aromatic N) is 4. The number of amides is 1. The van der Waals surface area contributed by atoms with E-state index in [0.29, 0.717) is 26.2 Å². The molecule has 0 saturated carbocycles. The Morgan fingerprint density at radius 2 is 2.00 bits per heavy atom. The van der Waals surface area contributed by atoms with Gasteiger partial charge in [-0.15, -0.1) is 0 Å². The van der Waals surface area contributed by atoms with E-state index in [1.54, 1.807) is 11.0 Å². The van der Waals surface area contributed by atoms with Gasteiger partial charge in [0.05, 0.1) is 30.9 Å². The molecule has 1 fully saturated rings. The fraction of sp³-hybridized carbons (Fsp3) is 0.526. The number of carbonyl (C=O) groups is 1. The van der Waals surface area contributed by atoms with Gasteiger partial charge >= 0.3 is 0 Å². The summed E-state index contributed by atoms with van der Waals surface area (Å²) in [5.74, 6) is -0.351. The Morgan fingerprint density at radius 3 is 2.64 bits per heavy atom. The van der Waals surface area contributed by atoms with Gasteiger partial charge in [0.25, 0.3) is 0 Å². The molecule has 132 valence electrons. The van der Waals surface area contributed by atoms with Crippen LogP contribution in [-0.4, -0.2) is 41.9 Å². The number of benzene rings is 1. The lowest BCUT2D eigenvalue weighted by Crippen LogP contribution is -2.45. The number of nitriles is 2. The van der Waals surface area contributed by atoms with Gasteiger partial charge in [-0.3, -0.25) is 9.69 Å². The van der Waals surface area contributed by atoms with Crippen LogP contribution in [0.5, 0.6) is 0 Å². The van der Waals surface area contributed by atoms with Crippen molar-refractivity contribution < 1.29 is 9.18 Å². The first kappa shape index (κ1) is 18.9. The second kappa shape index (κ2) is 9.76. The maximum Gasteiger partial charge on any atom is 0.227 e. The number of likely N-dealkylation sites (tertiary alicyclic amines) is 1. The Labute approximate surface area is 148 Å². The molecule has 0 radical (unpaired) electrons. The Morgan fingerprint density at radius 1 is 1.28 bits per heavy atom. The lowest BCUT2D eigenvalue weighted by Gasteiger charge is -2.34. The Hall–Kier alpha value is -2.44. The number of halogens is 1. The summed E-state index contributed by atoms with van der Waals surface area (Å²) in [6.07, 6.45) is 2.28. The fourth-order valence-electron chi connectivity index (χ4n) is 3.25. The van der Waals surface area contributed by atoms with Crippen molar-refractivity contribution in [2.75, 3.05) is 26.2 Å². The third-order valence-corrected chi connectivity index (χ3v) is 4.45. The molecule has 1 saturated heterocycles. The summed E-state index contributed by atoms with van der Waals surface area (Å²) in [6.45, 7) is 2.88. The Balaban J connectivity index is 1.97. The lowest BCUT2D eigenvalue weighted by atomic mass is 9.95. The van der Waals surface area contributed by atoms with Crippen LogP contribution in [0.2, 0.25) is 0 Å². The van der Waals surface area contributed by atoms with Gasteiger partial charge in [0.15, 0.2) is 0 Å². The minimum atomic E-state index is -0.249. The van der Waals surface area contributed by atoms with Gasteiger partial charge in [0, 0.05) is 26.2 Å². The number of carbonyl (C=O) groups excluding carboxylic acids is 1. The summed E-state index contributed by atoms with van der Waals surface area (Å²) in [6, 6.07) is 10.6. The van der Waals surface area contributed by atoms with E-state index in [0.717, 1.165) is 24.9 Å². The molecule has 0 aliphatic carbocycles. The summed E-state index contributed by atoms with van der Waals surface area (Å²) >= 11 is 0. The van der Waals surface area contributed by atoms with Crippen LogP contribution in [0.25, 0.3) is 0 Å². The molecule has 1 aliphatic rings. The van der Waals surface area contributed by atoms with E-state index in [4.69, 9.17) is 10.5 Å². The number of rotatable bonds is 7. The van der Waals surface area contributed by atoms with Crippen molar-refractivity contribution in [2.45, 2.75) is 32.2 Å². The third kappa shape index (κ3) is 5.85. The first-order chi connectivity index (χ1) is 12.1. The van der Waals surface area contributed by atoms with Crippen LogP contribution >= 0.6 is 0 Å². The SMILES string of the molecule is N#CCCN(CCC#N)C(=O)[C@@H]1CCCN(Cc2cccc(F)c2)C1. The highest BCUT2D eigenvalue weighted by atomic mass is 19.1. The van der Waals surface area contributed by atoms with Crippen molar-refractivity contribution in [3.05, 3.63) is 35.6 Å². The summed E-state index contributed by atoms with van der Waals surface area (Å²) in [4.78, 5) is 16.6. The molecular weight excluding hydrogens is 319 g/mol. The molecule has 25 heavy (non-hydrogen) atoms. The van der Waals surface area contributed by atoms with Gasteiger partial charge in [0.2, 0.25) is 5.91 Å². The molecule has 0 unspecified atom stereocenters. The largest absolute Gasteiger partial charge is 0.340 e. The molecule has 2 rings (SSSR count). The Bertz CT molecular complexity index is 646. The van der Waals surface area contributed by atoms with E-state index < -0.39 is 0 Å². The van der Waals surface area contributed by atoms with E-state index in [1.165, 1.54) is 12.1 Å². The number of piperidine rings is 1. The minimum absolute atomic E-state index is 0.0226. The zero-order chi connectivity index (χ0) is 18.1. The first-order valence-corrected chi connectivity index (χ1v) is 8.63. The molecule has 6 heteroatoms. The van der Waals surface area contributed by atoms with Gasteiger partial charge < -0.3 is 4.90 Å². The second-order valence-corrected chi connectivity index (χ2v) is 6.35. The molecular formula is C19H23FN4O. The van der Waals surface area contributed by atoms with Crippen molar-refractivity contribution in [1.82, 2.24) is 9.80 Å². The van der Waals surface area contributed by atoms with Gasteiger partial charge in [-0.05, 0) is 37.1 Å². The average molecular weight is 342 g/mol. The lowest BCUT2D eigenvalue weighted by molar-refractivity contribution is -0.137. The van der Waals surface area contributed by atoms with E-state index in [1.807, 2.05) is 6.07 Å². The molecule has 0 N–H and O–H groups in total. The zero-order valence-corrected chi connectivity index (χ0v) is 14.3. The Kier molecular flexibility index (Phi) is 7.37.